The molecule has 0 atom stereocenters. The van der Waals surface area contributed by atoms with Gasteiger partial charge in [-0.3, -0.25) is 4.79 Å². The molecule has 0 aliphatic rings. The molecule has 2 N–H and O–H groups in total. The average molecular weight is 330 g/mol. The van der Waals surface area contributed by atoms with Gasteiger partial charge in [-0.1, -0.05) is 13.8 Å². The molecule has 0 aliphatic carbocycles. The highest BCUT2D eigenvalue weighted by atomic mass is 79.9. The van der Waals surface area contributed by atoms with Gasteiger partial charge in [-0.25, -0.2) is 0 Å². The van der Waals surface area contributed by atoms with Crippen molar-refractivity contribution in [3.8, 4) is 5.75 Å². The fraction of sp³-hybridized carbons (Fsp3) is 0.500. The lowest BCUT2D eigenvalue weighted by atomic mass is 9.97. The van der Waals surface area contributed by atoms with Gasteiger partial charge in [0.1, 0.15) is 5.75 Å². The molecule has 0 aromatic heterocycles. The monoisotopic (exact) mass is 329 g/mol. The van der Waals surface area contributed by atoms with Gasteiger partial charge < -0.3 is 15.2 Å². The topological polar surface area (TPSA) is 58.6 Å². The molecule has 19 heavy (non-hydrogen) atoms. The second-order valence-corrected chi connectivity index (χ2v) is 5.31. The highest BCUT2D eigenvalue weighted by Crippen LogP contribution is 2.22. The second-order valence-electron chi connectivity index (χ2n) is 4.46. The van der Waals surface area contributed by atoms with Crippen LogP contribution in [0.1, 0.15) is 37.0 Å². The number of ether oxygens (including phenoxy) is 1. The molecule has 0 saturated heterocycles. The van der Waals surface area contributed by atoms with Crippen molar-refractivity contribution < 1.29 is 14.6 Å². The van der Waals surface area contributed by atoms with E-state index in [1.807, 2.05) is 13.8 Å². The van der Waals surface area contributed by atoms with E-state index in [0.29, 0.717) is 28.6 Å². The van der Waals surface area contributed by atoms with Crippen LogP contribution < -0.4 is 10.1 Å². The van der Waals surface area contributed by atoms with Crippen LogP contribution in [-0.2, 0) is 0 Å². The number of rotatable bonds is 6. The van der Waals surface area contributed by atoms with Crippen molar-refractivity contribution in [3.05, 3.63) is 28.2 Å². The Hall–Kier alpha value is -1.07. The first-order valence-electron chi connectivity index (χ1n) is 6.30. The fourth-order valence-electron chi connectivity index (χ4n) is 1.65. The summed E-state index contributed by atoms with van der Waals surface area (Å²) in [4.78, 5) is 12.1. The molecule has 4 nitrogen and oxygen atoms in total. The molecular formula is C14H20BrNO3. The zero-order valence-corrected chi connectivity index (χ0v) is 13.1. The van der Waals surface area contributed by atoms with Crippen LogP contribution in [0.3, 0.4) is 0 Å². The van der Waals surface area contributed by atoms with Crippen molar-refractivity contribution in [2.45, 2.75) is 32.3 Å². The number of benzene rings is 1. The second kappa shape index (κ2) is 6.91. The summed E-state index contributed by atoms with van der Waals surface area (Å²) >= 11 is 3.34. The van der Waals surface area contributed by atoms with Gasteiger partial charge in [0, 0.05) is 11.0 Å². The number of hydrogen-bond donors (Lipinski definition) is 2. The largest absolute Gasteiger partial charge is 0.497 e. The van der Waals surface area contributed by atoms with E-state index in [-0.39, 0.29) is 12.5 Å². The van der Waals surface area contributed by atoms with Gasteiger partial charge in [-0.2, -0.15) is 0 Å². The Morgan fingerprint density at radius 3 is 2.58 bits per heavy atom. The summed E-state index contributed by atoms with van der Waals surface area (Å²) in [5, 5.41) is 12.9. The molecule has 0 unspecified atom stereocenters. The van der Waals surface area contributed by atoms with Gasteiger partial charge in [0.15, 0.2) is 0 Å². The van der Waals surface area contributed by atoms with Gasteiger partial charge in [0.05, 0.1) is 18.3 Å². The number of methoxy groups -OCH3 is 1. The quantitative estimate of drug-likeness (QED) is 0.843. The smallest absolute Gasteiger partial charge is 0.252 e. The number of nitrogens with one attached hydrogen (secondary N) is 1. The molecule has 0 aliphatic heterocycles. The highest BCUT2D eigenvalue weighted by molar-refractivity contribution is 9.10. The van der Waals surface area contributed by atoms with E-state index in [4.69, 9.17) is 4.74 Å². The highest BCUT2D eigenvalue weighted by Gasteiger charge is 2.23. The molecule has 0 bridgehead atoms. The standard InChI is InChI=1S/C14H20BrNO3/c1-4-14(18,5-2)9-16-13(17)11-8-10(19-3)6-7-12(11)15/h6-8,18H,4-5,9H2,1-3H3,(H,16,17). The number of hydrogen-bond acceptors (Lipinski definition) is 3. The summed E-state index contributed by atoms with van der Waals surface area (Å²) in [6.45, 7) is 4.04. The summed E-state index contributed by atoms with van der Waals surface area (Å²) in [7, 11) is 1.55. The molecule has 0 spiro atoms. The minimum absolute atomic E-state index is 0.230. The predicted octanol–water partition coefficient (Wildman–Crippen LogP) is 2.74. The van der Waals surface area contributed by atoms with Gasteiger partial charge in [-0.05, 0) is 47.0 Å². The molecular weight excluding hydrogens is 310 g/mol. The number of amides is 1. The van der Waals surface area contributed by atoms with Gasteiger partial charge >= 0.3 is 0 Å². The zero-order valence-electron chi connectivity index (χ0n) is 11.5. The molecule has 0 radical (unpaired) electrons. The molecule has 5 heteroatoms. The maximum atomic E-state index is 12.1. The van der Waals surface area contributed by atoms with Crippen molar-refractivity contribution in [2.75, 3.05) is 13.7 Å². The summed E-state index contributed by atoms with van der Waals surface area (Å²) in [5.41, 5.74) is -0.352. The first-order valence-corrected chi connectivity index (χ1v) is 7.09. The van der Waals surface area contributed by atoms with Crippen LogP contribution in [0.4, 0.5) is 0 Å². The maximum absolute atomic E-state index is 12.1. The van der Waals surface area contributed by atoms with Crippen molar-refractivity contribution >= 4 is 21.8 Å². The van der Waals surface area contributed by atoms with Crippen molar-refractivity contribution in [3.63, 3.8) is 0 Å². The van der Waals surface area contributed by atoms with Gasteiger partial charge in [0.2, 0.25) is 0 Å². The van der Waals surface area contributed by atoms with Gasteiger partial charge in [0.25, 0.3) is 5.91 Å². The average Bonchev–Trinajstić information content (AvgIpc) is 2.45. The minimum Gasteiger partial charge on any atom is -0.497 e. The molecule has 1 aromatic carbocycles. The number of aliphatic hydroxyl groups is 1. The van der Waals surface area contributed by atoms with Crippen LogP contribution >= 0.6 is 15.9 Å². The van der Waals surface area contributed by atoms with Crippen LogP contribution in [0.5, 0.6) is 5.75 Å². The molecule has 1 amide bonds. The van der Waals surface area contributed by atoms with Gasteiger partial charge in [-0.15, -0.1) is 0 Å². The lowest BCUT2D eigenvalue weighted by Crippen LogP contribution is -2.42. The van der Waals surface area contributed by atoms with Crippen LogP contribution in [0.25, 0.3) is 0 Å². The van der Waals surface area contributed by atoms with Crippen molar-refractivity contribution in [2.24, 2.45) is 0 Å². The Balaban J connectivity index is 2.78. The van der Waals surface area contributed by atoms with E-state index in [1.54, 1.807) is 25.3 Å². The van der Waals surface area contributed by atoms with Crippen LogP contribution in [0, 0.1) is 0 Å². The van der Waals surface area contributed by atoms with E-state index in [9.17, 15) is 9.90 Å². The lowest BCUT2D eigenvalue weighted by molar-refractivity contribution is 0.0314. The number of carbonyl (C=O) groups excluding carboxylic acids is 1. The molecule has 0 fully saturated rings. The fourth-order valence-corrected chi connectivity index (χ4v) is 2.07. The zero-order chi connectivity index (χ0) is 14.5. The molecule has 0 saturated carbocycles. The molecule has 1 aromatic rings. The summed E-state index contributed by atoms with van der Waals surface area (Å²) in [6, 6.07) is 5.20. The van der Waals surface area contributed by atoms with E-state index < -0.39 is 5.60 Å². The summed E-state index contributed by atoms with van der Waals surface area (Å²) in [5.74, 6) is 0.390. The first-order chi connectivity index (χ1) is 8.95. The van der Waals surface area contributed by atoms with E-state index in [0.717, 1.165) is 0 Å². The summed E-state index contributed by atoms with van der Waals surface area (Å²) in [6.07, 6.45) is 1.20. The molecule has 0 heterocycles. The van der Waals surface area contributed by atoms with Crippen LogP contribution in [0.2, 0.25) is 0 Å². The predicted molar refractivity (Wildman–Crippen MR) is 78.6 cm³/mol. The number of carbonyl (C=O) groups is 1. The lowest BCUT2D eigenvalue weighted by Gasteiger charge is -2.25. The number of halogens is 1. The Bertz CT molecular complexity index is 444. The third kappa shape index (κ3) is 4.21. The SMILES string of the molecule is CCC(O)(CC)CNC(=O)c1cc(OC)ccc1Br. The van der Waals surface area contributed by atoms with E-state index >= 15 is 0 Å². The Morgan fingerprint density at radius 1 is 1.42 bits per heavy atom. The normalized spacial score (nSPS) is 11.2. The Labute approximate surface area is 122 Å². The maximum Gasteiger partial charge on any atom is 0.252 e. The Kier molecular flexibility index (Phi) is 5.82. The summed E-state index contributed by atoms with van der Waals surface area (Å²) < 4.78 is 5.79. The van der Waals surface area contributed by atoms with Crippen LogP contribution in [-0.4, -0.2) is 30.3 Å². The van der Waals surface area contributed by atoms with E-state index in [2.05, 4.69) is 21.2 Å². The van der Waals surface area contributed by atoms with Crippen molar-refractivity contribution in [1.82, 2.24) is 5.32 Å². The molecule has 1 rings (SSSR count). The van der Waals surface area contributed by atoms with Crippen molar-refractivity contribution in [1.29, 1.82) is 0 Å². The minimum atomic E-state index is -0.846. The third-order valence-electron chi connectivity index (χ3n) is 3.31. The third-order valence-corrected chi connectivity index (χ3v) is 4.00. The molecule has 106 valence electrons. The van der Waals surface area contributed by atoms with E-state index in [1.165, 1.54) is 0 Å². The Morgan fingerprint density at radius 2 is 2.05 bits per heavy atom. The van der Waals surface area contributed by atoms with Crippen LogP contribution in [0.15, 0.2) is 22.7 Å². The first kappa shape index (κ1) is 16.0.